The molecule has 0 aliphatic carbocycles. The summed E-state index contributed by atoms with van der Waals surface area (Å²) in [7, 11) is 0. The van der Waals surface area contributed by atoms with Gasteiger partial charge in [-0.25, -0.2) is 4.98 Å². The van der Waals surface area contributed by atoms with Crippen LogP contribution in [-0.4, -0.2) is 47.4 Å². The molecule has 2 amide bonds. The summed E-state index contributed by atoms with van der Waals surface area (Å²) in [6.45, 7) is 9.49. The molecule has 0 bridgehead atoms. The average molecular weight is 439 g/mol. The molecular formula is C18H32Cl2N4O2S. The molecule has 1 aliphatic heterocycles. The lowest BCUT2D eigenvalue weighted by Crippen LogP contribution is -2.49. The van der Waals surface area contributed by atoms with Crippen molar-refractivity contribution in [2.24, 2.45) is 11.7 Å². The molecule has 0 spiro atoms. The molecule has 1 saturated heterocycles. The van der Waals surface area contributed by atoms with Gasteiger partial charge in [0.25, 0.3) is 0 Å². The number of nitrogens with zero attached hydrogens (tertiary/aromatic N) is 2. The van der Waals surface area contributed by atoms with Crippen LogP contribution in [0.2, 0.25) is 0 Å². The topological polar surface area (TPSA) is 88.3 Å². The van der Waals surface area contributed by atoms with Crippen molar-refractivity contribution in [2.45, 2.75) is 58.4 Å². The Bertz CT molecular complexity index is 610. The Morgan fingerprint density at radius 1 is 1.33 bits per heavy atom. The van der Waals surface area contributed by atoms with Gasteiger partial charge >= 0.3 is 0 Å². The van der Waals surface area contributed by atoms with Gasteiger partial charge in [-0.3, -0.25) is 9.59 Å². The van der Waals surface area contributed by atoms with Crippen molar-refractivity contribution < 1.29 is 9.59 Å². The summed E-state index contributed by atoms with van der Waals surface area (Å²) in [4.78, 5) is 30.9. The second kappa shape index (κ2) is 11.8. The van der Waals surface area contributed by atoms with Crippen LogP contribution in [0, 0.1) is 5.92 Å². The lowest BCUT2D eigenvalue weighted by atomic mass is 9.98. The highest BCUT2D eigenvalue weighted by molar-refractivity contribution is 7.09. The third kappa shape index (κ3) is 7.22. The number of thiazole rings is 1. The average Bonchev–Trinajstić information content (AvgIpc) is 3.09. The summed E-state index contributed by atoms with van der Waals surface area (Å²) < 4.78 is 0. The molecule has 2 heterocycles. The number of hydrogen-bond donors (Lipinski definition) is 2. The molecule has 156 valence electrons. The number of halogens is 2. The van der Waals surface area contributed by atoms with E-state index >= 15 is 0 Å². The Morgan fingerprint density at radius 3 is 2.56 bits per heavy atom. The fraction of sp³-hybridized carbons (Fsp3) is 0.722. The number of amides is 2. The summed E-state index contributed by atoms with van der Waals surface area (Å²) in [5, 5.41) is 5.90. The van der Waals surface area contributed by atoms with Crippen molar-refractivity contribution in [3.8, 4) is 0 Å². The molecule has 0 aromatic carbocycles. The van der Waals surface area contributed by atoms with Crippen molar-refractivity contribution in [3.05, 3.63) is 16.1 Å². The lowest BCUT2D eigenvalue weighted by molar-refractivity contribution is -0.134. The number of carbonyl (C=O) groups excluding carboxylic acids is 2. The second-order valence-electron chi connectivity index (χ2n) is 7.43. The number of nitrogens with two attached hydrogens (primary N) is 1. The summed E-state index contributed by atoms with van der Waals surface area (Å²) in [5.74, 6) is 0.457. The van der Waals surface area contributed by atoms with E-state index < -0.39 is 6.04 Å². The number of nitrogens with one attached hydrogen (secondary N) is 1. The fourth-order valence-electron chi connectivity index (χ4n) is 2.85. The number of carbonyl (C=O) groups is 2. The molecular weight excluding hydrogens is 407 g/mol. The van der Waals surface area contributed by atoms with Crippen LogP contribution in [0.3, 0.4) is 0 Å². The van der Waals surface area contributed by atoms with Crippen molar-refractivity contribution >= 4 is 48.0 Å². The SMILES string of the molecule is CC(C)c1csc(C2CCCN(C(=O)CNC(=O)[C@@H](N)C(C)C)C2)n1.Cl.Cl. The van der Waals surface area contributed by atoms with E-state index in [2.05, 4.69) is 24.5 Å². The summed E-state index contributed by atoms with van der Waals surface area (Å²) in [6.07, 6.45) is 2.02. The molecule has 1 aromatic rings. The molecule has 0 saturated carbocycles. The molecule has 27 heavy (non-hydrogen) atoms. The van der Waals surface area contributed by atoms with E-state index in [0.717, 1.165) is 30.1 Å². The lowest BCUT2D eigenvalue weighted by Gasteiger charge is -2.32. The summed E-state index contributed by atoms with van der Waals surface area (Å²) in [6, 6.07) is -0.577. The number of rotatable bonds is 6. The maximum Gasteiger partial charge on any atom is 0.241 e. The zero-order valence-electron chi connectivity index (χ0n) is 16.4. The standard InChI is InChI=1S/C18H30N4O2S.2ClH/c1-11(2)14-10-25-18(21-14)13-6-5-7-22(9-13)15(23)8-20-17(24)16(19)12(3)4;;/h10-13,16H,5-9,19H2,1-4H3,(H,20,24);2*1H/t13?,16-;;/m0../s1. The van der Waals surface area contributed by atoms with Gasteiger partial charge < -0.3 is 16.0 Å². The van der Waals surface area contributed by atoms with Crippen LogP contribution < -0.4 is 11.1 Å². The summed E-state index contributed by atoms with van der Waals surface area (Å²) in [5.41, 5.74) is 6.93. The van der Waals surface area contributed by atoms with Gasteiger partial charge in [0.15, 0.2) is 0 Å². The van der Waals surface area contributed by atoms with Crippen molar-refractivity contribution in [1.29, 1.82) is 0 Å². The summed E-state index contributed by atoms with van der Waals surface area (Å²) >= 11 is 1.69. The molecule has 1 aromatic heterocycles. The van der Waals surface area contributed by atoms with Crippen LogP contribution in [0.4, 0.5) is 0 Å². The molecule has 1 unspecified atom stereocenters. The molecule has 1 fully saturated rings. The van der Waals surface area contributed by atoms with E-state index in [-0.39, 0.29) is 49.1 Å². The van der Waals surface area contributed by atoms with Crippen LogP contribution in [0.15, 0.2) is 5.38 Å². The molecule has 6 nitrogen and oxygen atoms in total. The number of piperidine rings is 1. The van der Waals surface area contributed by atoms with Gasteiger partial charge in [0.1, 0.15) is 0 Å². The minimum absolute atomic E-state index is 0. The van der Waals surface area contributed by atoms with Crippen LogP contribution >= 0.6 is 36.2 Å². The predicted octanol–water partition coefficient (Wildman–Crippen LogP) is 2.92. The van der Waals surface area contributed by atoms with Crippen molar-refractivity contribution in [3.63, 3.8) is 0 Å². The third-order valence-corrected chi connectivity index (χ3v) is 5.71. The van der Waals surface area contributed by atoms with Crippen LogP contribution in [0.25, 0.3) is 0 Å². The first-order chi connectivity index (χ1) is 11.8. The zero-order valence-corrected chi connectivity index (χ0v) is 18.9. The van der Waals surface area contributed by atoms with Gasteiger partial charge in [-0.05, 0) is 24.7 Å². The molecule has 9 heteroatoms. The van der Waals surface area contributed by atoms with Gasteiger partial charge in [0, 0.05) is 24.4 Å². The van der Waals surface area contributed by atoms with Gasteiger partial charge in [-0.1, -0.05) is 27.7 Å². The normalized spacial score (nSPS) is 17.9. The number of hydrogen-bond acceptors (Lipinski definition) is 5. The third-order valence-electron chi connectivity index (χ3n) is 4.69. The highest BCUT2D eigenvalue weighted by atomic mass is 35.5. The number of aromatic nitrogens is 1. The Balaban J connectivity index is 0.00000338. The van der Waals surface area contributed by atoms with E-state index in [1.807, 2.05) is 18.7 Å². The van der Waals surface area contributed by atoms with E-state index in [0.29, 0.717) is 18.4 Å². The van der Waals surface area contributed by atoms with E-state index in [1.165, 1.54) is 0 Å². The van der Waals surface area contributed by atoms with E-state index in [9.17, 15) is 9.59 Å². The fourth-order valence-corrected chi connectivity index (χ4v) is 3.96. The molecule has 2 atom stereocenters. The first kappa shape index (κ1) is 26.1. The van der Waals surface area contributed by atoms with Crippen LogP contribution in [0.1, 0.15) is 63.1 Å². The first-order valence-electron chi connectivity index (χ1n) is 9.06. The number of likely N-dealkylation sites (tertiary alicyclic amines) is 1. The van der Waals surface area contributed by atoms with Gasteiger partial charge in [-0.2, -0.15) is 0 Å². The Morgan fingerprint density at radius 2 is 2.00 bits per heavy atom. The molecule has 1 aliphatic rings. The van der Waals surface area contributed by atoms with Crippen molar-refractivity contribution in [2.75, 3.05) is 19.6 Å². The predicted molar refractivity (Wildman–Crippen MR) is 115 cm³/mol. The highest BCUT2D eigenvalue weighted by Gasteiger charge is 2.27. The monoisotopic (exact) mass is 438 g/mol. The van der Waals surface area contributed by atoms with E-state index in [1.54, 1.807) is 11.3 Å². The molecule has 3 N–H and O–H groups in total. The largest absolute Gasteiger partial charge is 0.346 e. The minimum atomic E-state index is -0.577. The first-order valence-corrected chi connectivity index (χ1v) is 9.94. The van der Waals surface area contributed by atoms with Gasteiger partial charge in [0.2, 0.25) is 11.8 Å². The molecule has 2 rings (SSSR count). The maximum atomic E-state index is 12.4. The van der Waals surface area contributed by atoms with Gasteiger partial charge in [-0.15, -0.1) is 36.2 Å². The second-order valence-corrected chi connectivity index (χ2v) is 8.32. The Kier molecular flexibility index (Phi) is 11.5. The zero-order chi connectivity index (χ0) is 18.6. The molecule has 0 radical (unpaired) electrons. The highest BCUT2D eigenvalue weighted by Crippen LogP contribution is 2.30. The Hall–Kier alpha value is -0.890. The van der Waals surface area contributed by atoms with E-state index in [4.69, 9.17) is 10.7 Å². The Labute approximate surface area is 178 Å². The maximum absolute atomic E-state index is 12.4. The van der Waals surface area contributed by atoms with Gasteiger partial charge in [0.05, 0.1) is 23.3 Å². The van der Waals surface area contributed by atoms with Crippen LogP contribution in [-0.2, 0) is 9.59 Å². The smallest absolute Gasteiger partial charge is 0.241 e. The quantitative estimate of drug-likeness (QED) is 0.714. The minimum Gasteiger partial charge on any atom is -0.346 e. The van der Waals surface area contributed by atoms with Crippen molar-refractivity contribution in [1.82, 2.24) is 15.2 Å². The van der Waals surface area contributed by atoms with Crippen LogP contribution in [0.5, 0.6) is 0 Å².